The van der Waals surface area contributed by atoms with Gasteiger partial charge in [0, 0.05) is 23.8 Å². The van der Waals surface area contributed by atoms with E-state index < -0.39 is 0 Å². The average molecular weight is 236 g/mol. The maximum atomic E-state index is 4.34. The van der Waals surface area contributed by atoms with Gasteiger partial charge in [-0.25, -0.2) is 9.97 Å². The van der Waals surface area contributed by atoms with Crippen LogP contribution >= 0.6 is 11.3 Å². The molecular formula is C11H16N4S. The van der Waals surface area contributed by atoms with Crippen LogP contribution in [0.2, 0.25) is 0 Å². The highest BCUT2D eigenvalue weighted by atomic mass is 32.1. The molecule has 0 atom stereocenters. The third kappa shape index (κ3) is 2.90. The first-order chi connectivity index (χ1) is 7.75. The summed E-state index contributed by atoms with van der Waals surface area (Å²) in [4.78, 5) is 8.62. The van der Waals surface area contributed by atoms with E-state index >= 15 is 0 Å². The molecule has 1 N–H and O–H groups in total. The molecule has 0 radical (unpaired) electrons. The minimum Gasteiger partial charge on any atom is -0.328 e. The molecule has 0 bridgehead atoms. The highest BCUT2D eigenvalue weighted by Gasteiger charge is 2.04. The summed E-state index contributed by atoms with van der Waals surface area (Å²) in [6.45, 7) is 5.87. The van der Waals surface area contributed by atoms with Crippen molar-refractivity contribution in [1.29, 1.82) is 0 Å². The Balaban J connectivity index is 2.01. The van der Waals surface area contributed by atoms with E-state index in [9.17, 15) is 0 Å². The minimum absolute atomic E-state index is 0.476. The Bertz CT molecular complexity index is 419. The van der Waals surface area contributed by atoms with E-state index in [0.717, 1.165) is 24.6 Å². The molecule has 2 aromatic heterocycles. The zero-order valence-electron chi connectivity index (χ0n) is 9.55. The van der Waals surface area contributed by atoms with E-state index in [1.165, 1.54) is 0 Å². The molecule has 0 amide bonds. The summed E-state index contributed by atoms with van der Waals surface area (Å²) >= 11 is 1.63. The standard InChI is InChI=1S/C11H16N4S/c1-9(2)13-5-11-12-3-4-15(11)6-10-7-16-8-14-10/h3-4,7-9,13H,5-6H2,1-2H3. The first-order valence-electron chi connectivity index (χ1n) is 5.36. The summed E-state index contributed by atoms with van der Waals surface area (Å²) in [7, 11) is 0. The number of rotatable bonds is 5. The number of hydrogen-bond donors (Lipinski definition) is 1. The number of nitrogens with zero attached hydrogens (tertiary/aromatic N) is 3. The number of aromatic nitrogens is 3. The van der Waals surface area contributed by atoms with Crippen molar-refractivity contribution in [2.24, 2.45) is 0 Å². The normalized spacial score (nSPS) is 11.2. The lowest BCUT2D eigenvalue weighted by Crippen LogP contribution is -2.24. The minimum atomic E-state index is 0.476. The van der Waals surface area contributed by atoms with Crippen LogP contribution in [0.4, 0.5) is 0 Å². The third-order valence-corrected chi connectivity index (χ3v) is 2.92. The van der Waals surface area contributed by atoms with Gasteiger partial charge in [-0.3, -0.25) is 0 Å². The highest BCUT2D eigenvalue weighted by Crippen LogP contribution is 2.06. The Morgan fingerprint density at radius 2 is 2.31 bits per heavy atom. The smallest absolute Gasteiger partial charge is 0.123 e. The molecule has 2 rings (SSSR count). The van der Waals surface area contributed by atoms with Gasteiger partial charge in [0.25, 0.3) is 0 Å². The predicted molar refractivity (Wildman–Crippen MR) is 65.4 cm³/mol. The van der Waals surface area contributed by atoms with E-state index in [1.807, 2.05) is 17.9 Å². The van der Waals surface area contributed by atoms with Crippen LogP contribution in [0.5, 0.6) is 0 Å². The van der Waals surface area contributed by atoms with Gasteiger partial charge in [0.05, 0.1) is 24.3 Å². The molecule has 86 valence electrons. The Morgan fingerprint density at radius 3 is 3.00 bits per heavy atom. The van der Waals surface area contributed by atoms with E-state index in [-0.39, 0.29) is 0 Å². The lowest BCUT2D eigenvalue weighted by molar-refractivity contribution is 0.553. The van der Waals surface area contributed by atoms with Gasteiger partial charge < -0.3 is 9.88 Å². The number of nitrogens with one attached hydrogen (secondary N) is 1. The first kappa shape index (κ1) is 11.3. The van der Waals surface area contributed by atoms with E-state index in [2.05, 4.69) is 39.1 Å². The monoisotopic (exact) mass is 236 g/mol. The summed E-state index contributed by atoms with van der Waals surface area (Å²) in [5.74, 6) is 1.06. The molecule has 0 saturated heterocycles. The first-order valence-corrected chi connectivity index (χ1v) is 6.30. The number of hydrogen-bond acceptors (Lipinski definition) is 4. The molecule has 0 aliphatic carbocycles. The van der Waals surface area contributed by atoms with Crippen LogP contribution in [-0.2, 0) is 13.1 Å². The molecule has 0 spiro atoms. The Hall–Kier alpha value is -1.20. The summed E-state index contributed by atoms with van der Waals surface area (Å²) < 4.78 is 2.13. The molecule has 2 heterocycles. The van der Waals surface area contributed by atoms with Crippen molar-refractivity contribution in [3.63, 3.8) is 0 Å². The molecule has 4 nitrogen and oxygen atoms in total. The molecule has 16 heavy (non-hydrogen) atoms. The zero-order valence-corrected chi connectivity index (χ0v) is 10.4. The molecule has 0 saturated carbocycles. The van der Waals surface area contributed by atoms with Crippen LogP contribution in [0, 0.1) is 0 Å². The summed E-state index contributed by atoms with van der Waals surface area (Å²) in [6.07, 6.45) is 3.83. The van der Waals surface area contributed by atoms with E-state index in [0.29, 0.717) is 6.04 Å². The SMILES string of the molecule is CC(C)NCc1nccn1Cc1cscn1. The lowest BCUT2D eigenvalue weighted by Gasteiger charge is -2.09. The Morgan fingerprint density at radius 1 is 1.44 bits per heavy atom. The molecule has 2 aromatic rings. The van der Waals surface area contributed by atoms with Crippen molar-refractivity contribution in [2.75, 3.05) is 0 Å². The second-order valence-corrected chi connectivity index (χ2v) is 4.71. The van der Waals surface area contributed by atoms with Gasteiger partial charge in [0.2, 0.25) is 0 Å². The molecular weight excluding hydrogens is 220 g/mol. The molecule has 5 heteroatoms. The molecule has 0 aliphatic heterocycles. The van der Waals surface area contributed by atoms with Gasteiger partial charge in [-0.2, -0.15) is 0 Å². The third-order valence-electron chi connectivity index (χ3n) is 2.29. The topological polar surface area (TPSA) is 42.7 Å². The van der Waals surface area contributed by atoms with Gasteiger partial charge in [-0.05, 0) is 0 Å². The van der Waals surface area contributed by atoms with Gasteiger partial charge in [0.1, 0.15) is 5.82 Å². The predicted octanol–water partition coefficient (Wildman–Crippen LogP) is 1.89. The van der Waals surface area contributed by atoms with Gasteiger partial charge in [-0.15, -0.1) is 11.3 Å². The van der Waals surface area contributed by atoms with Crippen LogP contribution in [-0.4, -0.2) is 20.6 Å². The van der Waals surface area contributed by atoms with Crippen LogP contribution in [0.1, 0.15) is 25.4 Å². The fourth-order valence-electron chi connectivity index (χ4n) is 1.44. The fourth-order valence-corrected chi connectivity index (χ4v) is 1.99. The van der Waals surface area contributed by atoms with E-state index in [4.69, 9.17) is 0 Å². The largest absolute Gasteiger partial charge is 0.328 e. The summed E-state index contributed by atoms with van der Waals surface area (Å²) in [6, 6.07) is 0.476. The van der Waals surface area contributed by atoms with Gasteiger partial charge in [-0.1, -0.05) is 13.8 Å². The maximum Gasteiger partial charge on any atom is 0.123 e. The van der Waals surface area contributed by atoms with Crippen molar-refractivity contribution in [3.8, 4) is 0 Å². The summed E-state index contributed by atoms with van der Waals surface area (Å²) in [5.41, 5.74) is 2.95. The number of thiazole rings is 1. The summed E-state index contributed by atoms with van der Waals surface area (Å²) in [5, 5.41) is 5.44. The quantitative estimate of drug-likeness (QED) is 0.862. The lowest BCUT2D eigenvalue weighted by atomic mass is 10.4. The highest BCUT2D eigenvalue weighted by molar-refractivity contribution is 7.07. The van der Waals surface area contributed by atoms with Crippen molar-refractivity contribution in [2.45, 2.75) is 33.0 Å². The maximum absolute atomic E-state index is 4.34. The van der Waals surface area contributed by atoms with Crippen molar-refractivity contribution >= 4 is 11.3 Å². The second-order valence-electron chi connectivity index (χ2n) is 3.99. The van der Waals surface area contributed by atoms with Crippen LogP contribution in [0.3, 0.4) is 0 Å². The van der Waals surface area contributed by atoms with Crippen molar-refractivity contribution < 1.29 is 0 Å². The molecule has 0 unspecified atom stereocenters. The molecule has 0 aromatic carbocycles. The Kier molecular flexibility index (Phi) is 3.69. The van der Waals surface area contributed by atoms with Crippen molar-refractivity contribution in [1.82, 2.24) is 19.9 Å². The van der Waals surface area contributed by atoms with E-state index in [1.54, 1.807) is 11.3 Å². The van der Waals surface area contributed by atoms with Gasteiger partial charge in [0.15, 0.2) is 0 Å². The second kappa shape index (κ2) is 5.23. The van der Waals surface area contributed by atoms with Crippen LogP contribution in [0.25, 0.3) is 0 Å². The molecule has 0 fully saturated rings. The fraction of sp³-hybridized carbons (Fsp3) is 0.455. The van der Waals surface area contributed by atoms with Crippen LogP contribution < -0.4 is 5.32 Å². The van der Waals surface area contributed by atoms with Gasteiger partial charge >= 0.3 is 0 Å². The molecule has 0 aliphatic rings. The number of imidazole rings is 1. The van der Waals surface area contributed by atoms with Crippen LogP contribution in [0.15, 0.2) is 23.3 Å². The average Bonchev–Trinajstić information content (AvgIpc) is 2.87. The Labute approximate surface area is 99.4 Å². The zero-order chi connectivity index (χ0) is 11.4. The van der Waals surface area contributed by atoms with Crippen molar-refractivity contribution in [3.05, 3.63) is 34.8 Å².